The van der Waals surface area contributed by atoms with E-state index in [-0.39, 0.29) is 16.8 Å². The fraction of sp³-hybridized carbons (Fsp3) is 0.0588. The number of nitrogens with one attached hydrogen (secondary N) is 1. The molecule has 1 aromatic heterocycles. The summed E-state index contributed by atoms with van der Waals surface area (Å²) in [6, 6.07) is 15.7. The summed E-state index contributed by atoms with van der Waals surface area (Å²) in [6.07, 6.45) is 0. The van der Waals surface area contributed by atoms with Gasteiger partial charge in [-0.2, -0.15) is 0 Å². The fourth-order valence-electron chi connectivity index (χ4n) is 2.07. The van der Waals surface area contributed by atoms with Crippen LogP contribution in [-0.4, -0.2) is 26.3 Å². The van der Waals surface area contributed by atoms with Gasteiger partial charge < -0.3 is 5.11 Å². The van der Waals surface area contributed by atoms with Gasteiger partial charge in [0, 0.05) is 11.3 Å². The largest absolute Gasteiger partial charge is 0.478 e. The van der Waals surface area contributed by atoms with Gasteiger partial charge in [0.15, 0.2) is 10.9 Å². The molecule has 6 nitrogen and oxygen atoms in total. The van der Waals surface area contributed by atoms with Crippen LogP contribution in [0.1, 0.15) is 15.9 Å². The zero-order chi connectivity index (χ0) is 16.9. The van der Waals surface area contributed by atoms with Crippen LogP contribution in [0.3, 0.4) is 0 Å². The lowest BCUT2D eigenvalue weighted by Crippen LogP contribution is -2.14. The van der Waals surface area contributed by atoms with Crippen LogP contribution in [0, 0.1) is 0 Å². The zero-order valence-corrected chi connectivity index (χ0v) is 13.3. The van der Waals surface area contributed by atoms with Crippen LogP contribution in [0.5, 0.6) is 0 Å². The molecule has 0 saturated heterocycles. The predicted molar refractivity (Wildman–Crippen MR) is 91.1 cm³/mol. The molecule has 0 bridgehead atoms. The van der Waals surface area contributed by atoms with Crippen molar-refractivity contribution in [3.05, 3.63) is 76.1 Å². The fourth-order valence-corrected chi connectivity index (χ4v) is 2.83. The van der Waals surface area contributed by atoms with Crippen LogP contribution in [0.4, 0.5) is 0 Å². The summed E-state index contributed by atoms with van der Waals surface area (Å²) >= 11 is 1.33. The Bertz CT molecular complexity index is 908. The number of H-pyrrole nitrogens is 1. The highest BCUT2D eigenvalue weighted by atomic mass is 32.2. The molecule has 0 aliphatic rings. The second-order valence-electron chi connectivity index (χ2n) is 4.96. The lowest BCUT2D eigenvalue weighted by atomic mass is 10.1. The van der Waals surface area contributed by atoms with Crippen molar-refractivity contribution in [1.29, 1.82) is 0 Å². The number of aromatic carboxylic acids is 1. The van der Waals surface area contributed by atoms with Gasteiger partial charge in [0.1, 0.15) is 0 Å². The van der Waals surface area contributed by atoms with Crippen LogP contribution in [0.2, 0.25) is 0 Å². The molecule has 1 heterocycles. The number of carboxylic acid groups (broad SMARTS) is 1. The highest BCUT2D eigenvalue weighted by Gasteiger charge is 2.08. The van der Waals surface area contributed by atoms with E-state index < -0.39 is 5.97 Å². The average molecular weight is 339 g/mol. The molecule has 24 heavy (non-hydrogen) atoms. The number of rotatable bonds is 5. The molecule has 0 saturated carbocycles. The Morgan fingerprint density at radius 3 is 2.38 bits per heavy atom. The van der Waals surface area contributed by atoms with Crippen molar-refractivity contribution in [3.63, 3.8) is 0 Å². The van der Waals surface area contributed by atoms with Crippen molar-refractivity contribution >= 4 is 17.7 Å². The van der Waals surface area contributed by atoms with Crippen molar-refractivity contribution in [2.75, 3.05) is 0 Å². The summed E-state index contributed by atoms with van der Waals surface area (Å²) in [5.41, 5.74) is 1.88. The average Bonchev–Trinajstić information content (AvgIpc) is 2.61. The molecule has 120 valence electrons. The van der Waals surface area contributed by atoms with E-state index in [1.807, 2.05) is 18.2 Å². The Morgan fingerprint density at radius 2 is 1.75 bits per heavy atom. The summed E-state index contributed by atoms with van der Waals surface area (Å²) in [5, 5.41) is 17.3. The van der Waals surface area contributed by atoms with E-state index in [0.717, 1.165) is 5.56 Å². The zero-order valence-electron chi connectivity index (χ0n) is 12.5. The monoisotopic (exact) mass is 339 g/mol. The number of hydrogen-bond acceptors (Lipinski definition) is 5. The second-order valence-corrected chi connectivity index (χ2v) is 5.93. The maximum absolute atomic E-state index is 12.1. The molecule has 7 heteroatoms. The number of carboxylic acids is 1. The van der Waals surface area contributed by atoms with Crippen molar-refractivity contribution in [1.82, 2.24) is 15.2 Å². The Balaban J connectivity index is 1.71. The van der Waals surface area contributed by atoms with Crippen LogP contribution in [0.25, 0.3) is 11.3 Å². The minimum Gasteiger partial charge on any atom is -0.478 e. The molecule has 2 aromatic carbocycles. The highest BCUT2D eigenvalue weighted by Crippen LogP contribution is 2.19. The molecular formula is C17H13N3O3S. The first-order valence-electron chi connectivity index (χ1n) is 7.11. The lowest BCUT2D eigenvalue weighted by molar-refractivity contribution is 0.0697. The van der Waals surface area contributed by atoms with Crippen molar-refractivity contribution in [2.45, 2.75) is 10.9 Å². The summed E-state index contributed by atoms with van der Waals surface area (Å²) in [6.45, 7) is 0. The molecule has 0 amide bonds. The third-order valence-corrected chi connectivity index (χ3v) is 4.23. The van der Waals surface area contributed by atoms with Gasteiger partial charge in [0.2, 0.25) is 0 Å². The number of aromatic nitrogens is 3. The highest BCUT2D eigenvalue weighted by molar-refractivity contribution is 7.98. The molecule has 0 radical (unpaired) electrons. The number of benzene rings is 2. The van der Waals surface area contributed by atoms with Crippen LogP contribution in [-0.2, 0) is 5.75 Å². The number of hydrogen-bond donors (Lipinski definition) is 2. The van der Waals surface area contributed by atoms with E-state index in [1.165, 1.54) is 11.8 Å². The molecule has 3 aromatic rings. The molecule has 0 unspecified atom stereocenters. The first-order valence-corrected chi connectivity index (χ1v) is 8.09. The number of carbonyl (C=O) groups is 1. The second kappa shape index (κ2) is 7.10. The molecule has 3 rings (SSSR count). The van der Waals surface area contributed by atoms with Gasteiger partial charge in [-0.1, -0.05) is 54.2 Å². The van der Waals surface area contributed by atoms with Gasteiger partial charge in [-0.3, -0.25) is 9.78 Å². The number of aromatic amines is 1. The van der Waals surface area contributed by atoms with Gasteiger partial charge in [-0.15, -0.1) is 10.2 Å². The summed E-state index contributed by atoms with van der Waals surface area (Å²) < 4.78 is 0. The third-order valence-electron chi connectivity index (χ3n) is 3.30. The van der Waals surface area contributed by atoms with E-state index in [9.17, 15) is 9.59 Å². The quantitative estimate of drug-likeness (QED) is 0.694. The SMILES string of the molecule is O=C(O)c1ccc(CSc2nnc(-c3ccccc3)c(=O)[nH]2)cc1. The standard InChI is InChI=1S/C17H13N3O3S/c21-15-14(12-4-2-1-3-5-12)19-20-17(18-15)24-10-11-6-8-13(9-7-11)16(22)23/h1-9H,10H2,(H,22,23)(H,18,20,21). The van der Waals surface area contributed by atoms with Gasteiger partial charge in [0.25, 0.3) is 5.56 Å². The topological polar surface area (TPSA) is 95.9 Å². The maximum Gasteiger partial charge on any atom is 0.335 e. The Morgan fingerprint density at radius 1 is 1.04 bits per heavy atom. The number of nitrogens with zero attached hydrogens (tertiary/aromatic N) is 2. The molecule has 0 fully saturated rings. The van der Waals surface area contributed by atoms with E-state index >= 15 is 0 Å². The minimum absolute atomic E-state index is 0.240. The molecule has 0 spiro atoms. The van der Waals surface area contributed by atoms with Gasteiger partial charge in [0.05, 0.1) is 5.56 Å². The molecule has 2 N–H and O–H groups in total. The van der Waals surface area contributed by atoms with Gasteiger partial charge in [-0.05, 0) is 17.7 Å². The van der Waals surface area contributed by atoms with E-state index in [4.69, 9.17) is 5.11 Å². The van der Waals surface area contributed by atoms with Crippen molar-refractivity contribution < 1.29 is 9.90 Å². The van der Waals surface area contributed by atoms with E-state index in [0.29, 0.717) is 16.5 Å². The predicted octanol–water partition coefficient (Wildman–Crippen LogP) is 2.82. The maximum atomic E-state index is 12.1. The number of thioether (sulfide) groups is 1. The van der Waals surface area contributed by atoms with Crippen molar-refractivity contribution in [3.8, 4) is 11.3 Å². The molecule has 0 aliphatic heterocycles. The Kier molecular flexibility index (Phi) is 4.72. The first kappa shape index (κ1) is 15.9. The summed E-state index contributed by atoms with van der Waals surface area (Å²) in [4.78, 5) is 25.7. The molecule has 0 atom stereocenters. The van der Waals surface area contributed by atoms with Crippen LogP contribution < -0.4 is 5.56 Å². The summed E-state index contributed by atoms with van der Waals surface area (Å²) in [5.74, 6) is -0.407. The van der Waals surface area contributed by atoms with E-state index in [1.54, 1.807) is 36.4 Å². The van der Waals surface area contributed by atoms with Gasteiger partial charge >= 0.3 is 5.97 Å². The Hall–Kier alpha value is -2.93. The van der Waals surface area contributed by atoms with Crippen molar-refractivity contribution in [2.24, 2.45) is 0 Å². The van der Waals surface area contributed by atoms with Crippen LogP contribution in [0.15, 0.2) is 64.5 Å². The first-order chi connectivity index (χ1) is 11.6. The Labute approximate surface area is 141 Å². The smallest absolute Gasteiger partial charge is 0.335 e. The van der Waals surface area contributed by atoms with E-state index in [2.05, 4.69) is 15.2 Å². The molecular weight excluding hydrogens is 326 g/mol. The van der Waals surface area contributed by atoms with Gasteiger partial charge in [-0.25, -0.2) is 4.79 Å². The third kappa shape index (κ3) is 3.69. The molecule has 0 aliphatic carbocycles. The summed E-state index contributed by atoms with van der Waals surface area (Å²) in [7, 11) is 0. The normalized spacial score (nSPS) is 10.5. The lowest BCUT2D eigenvalue weighted by Gasteiger charge is -2.03. The van der Waals surface area contributed by atoms with Crippen LogP contribution >= 0.6 is 11.8 Å². The minimum atomic E-state index is -0.957.